The van der Waals surface area contributed by atoms with Gasteiger partial charge in [0, 0.05) is 80.3 Å². The van der Waals surface area contributed by atoms with Gasteiger partial charge in [0.1, 0.15) is 23.8 Å². The van der Waals surface area contributed by atoms with Crippen molar-refractivity contribution in [3.05, 3.63) is 102 Å². The molecule has 78 heavy (non-hydrogen) atoms. The number of thiazole rings is 1. The minimum absolute atomic E-state index is 0.0623. The lowest BCUT2D eigenvalue weighted by atomic mass is 9.80. The van der Waals surface area contributed by atoms with Gasteiger partial charge in [-0.05, 0) is 131 Å². The first-order chi connectivity index (χ1) is 37.7. The number of aromatic nitrogens is 5. The molecule has 4 aliphatic heterocycles. The van der Waals surface area contributed by atoms with Gasteiger partial charge in [-0.2, -0.15) is 0 Å². The predicted octanol–water partition coefficient (Wildman–Crippen LogP) is 8.41. The Bertz CT molecular complexity index is 3040. The van der Waals surface area contributed by atoms with Crippen LogP contribution in [-0.2, 0) is 9.59 Å². The number of nitrogens with one attached hydrogen (secondary N) is 1. The summed E-state index contributed by atoms with van der Waals surface area (Å²) in [6.45, 7) is 14.4. The number of nitrogen functional groups attached to an aromatic ring is 1. The molecule has 5 aliphatic rings. The topological polar surface area (TPSA) is 222 Å². The number of ether oxygens (including phenoxy) is 2. The van der Waals surface area contributed by atoms with Crippen LogP contribution in [0.4, 0.5) is 17.2 Å². The molecule has 6 aromatic rings. The molecule has 4 aromatic heterocycles. The number of phenols is 1. The van der Waals surface area contributed by atoms with Gasteiger partial charge >= 0.3 is 0 Å². The van der Waals surface area contributed by atoms with Gasteiger partial charge in [0.15, 0.2) is 11.6 Å². The van der Waals surface area contributed by atoms with Crippen molar-refractivity contribution in [1.82, 2.24) is 40.4 Å². The molecule has 412 valence electrons. The number of piperazine rings is 1. The number of aromatic hydroxyl groups is 1. The number of nitrogens with zero attached hydrogens (tertiary/aromatic N) is 9. The quantitative estimate of drug-likeness (QED) is 0.0634. The average Bonchev–Trinajstić information content (AvgIpc) is 4.34. The minimum atomic E-state index is -0.821. The van der Waals surface area contributed by atoms with Gasteiger partial charge < -0.3 is 54.9 Å². The van der Waals surface area contributed by atoms with Crippen molar-refractivity contribution >= 4 is 40.3 Å². The van der Waals surface area contributed by atoms with Crippen molar-refractivity contribution in [3.63, 3.8) is 0 Å². The standard InChI is InChI=1S/C59H73N11O7S/c1-34(2)55(59(74)69-32-45(71)26-50(69)58(73)63-36(4)40-10-12-41(13-11-40)56-37(5)62-33-78-56)52-28-54(66-77-52)75-21-18-38-17-20-67(35(3)22-38)29-39-23-46(24-39)76-53-25-42(16-19-61-53)70-43-14-15-44(70)31-68(30-43)49-27-48(64-65-57(49)60)47-8-6-7-9-51(47)72/h6-13,16,19,25,27-28,33-36,38-39,43-46,50,55,71-72H,14-15,17-18,20-24,26,29-32H2,1-5H3,(H2,60,65)(H,63,73)/t35-,36+,38+,39-,43?,44?,45-,46-,50+,55-/m1/s1. The first-order valence-electron chi connectivity index (χ1n) is 27.9. The third kappa shape index (κ3) is 11.4. The number of fused-ring (bicyclic) bond motifs is 2. The van der Waals surface area contributed by atoms with Crippen LogP contribution in [0.1, 0.15) is 108 Å². The van der Waals surface area contributed by atoms with Gasteiger partial charge in [-0.3, -0.25) is 9.59 Å². The number of β-amino-alcohol motifs (C(OH)–C–C–N with tert-alkyl or cyclic N) is 1. The molecule has 2 amide bonds. The number of rotatable bonds is 18. The van der Waals surface area contributed by atoms with Crippen molar-refractivity contribution in [2.45, 2.75) is 134 Å². The van der Waals surface area contributed by atoms with Crippen molar-refractivity contribution in [2.75, 3.05) is 54.9 Å². The average molecular weight is 1080 g/mol. The lowest BCUT2D eigenvalue weighted by Gasteiger charge is -2.44. The van der Waals surface area contributed by atoms with Crippen LogP contribution in [-0.4, -0.2) is 133 Å². The Kier molecular flexibility index (Phi) is 15.6. The van der Waals surface area contributed by atoms with E-state index in [1.165, 1.54) is 4.90 Å². The second kappa shape index (κ2) is 22.9. The van der Waals surface area contributed by atoms with Crippen LogP contribution in [0.25, 0.3) is 21.7 Å². The van der Waals surface area contributed by atoms with Crippen LogP contribution in [0.3, 0.4) is 0 Å². The zero-order valence-electron chi connectivity index (χ0n) is 45.3. The van der Waals surface area contributed by atoms with Crippen LogP contribution in [0, 0.1) is 24.7 Å². The Morgan fingerprint density at radius 3 is 2.42 bits per heavy atom. The highest BCUT2D eigenvalue weighted by molar-refractivity contribution is 7.13. The number of para-hydroxylation sites is 1. The fourth-order valence-corrected chi connectivity index (χ4v) is 13.6. The van der Waals surface area contributed by atoms with E-state index in [1.807, 2.05) is 81.9 Å². The van der Waals surface area contributed by atoms with Gasteiger partial charge in [-0.25, -0.2) is 9.97 Å². The number of pyridine rings is 1. The molecule has 4 saturated heterocycles. The molecule has 1 aliphatic carbocycles. The SMILES string of the molecule is Cc1ncsc1-c1ccc([C@H](C)NC(=O)[C@@H]2C[C@@H](O)CN2C(=O)[C@@H](c2cc(OCC[C@@H]3CCN(C[C@H]4C[C@H](Oc5cc(N6C7CCC6CN(c6cc(-c8ccccc8O)nnc6N)C7)ccn5)C4)[C@H](C)C3)no2)C(C)C)cc1. The largest absolute Gasteiger partial charge is 0.507 e. The first-order valence-corrected chi connectivity index (χ1v) is 28.8. The van der Waals surface area contributed by atoms with E-state index in [2.05, 4.69) is 64.4 Å². The summed E-state index contributed by atoms with van der Waals surface area (Å²) in [5, 5.41) is 37.1. The number of nitrogens with two attached hydrogens (primary N) is 1. The summed E-state index contributed by atoms with van der Waals surface area (Å²) in [5.41, 5.74) is 14.5. The van der Waals surface area contributed by atoms with Gasteiger partial charge in [0.2, 0.25) is 17.7 Å². The second-order valence-corrected chi connectivity index (χ2v) is 23.7. The van der Waals surface area contributed by atoms with Crippen LogP contribution in [0.2, 0.25) is 0 Å². The Morgan fingerprint density at radius 2 is 1.69 bits per heavy atom. The van der Waals surface area contributed by atoms with Crippen molar-refractivity contribution in [2.24, 2.45) is 17.8 Å². The number of aryl methyl sites for hydroxylation is 1. The van der Waals surface area contributed by atoms with E-state index in [9.17, 15) is 19.8 Å². The number of aliphatic hydroxyl groups excluding tert-OH is 1. The molecule has 18 nitrogen and oxygen atoms in total. The van der Waals surface area contributed by atoms with Gasteiger partial charge in [0.05, 0.1) is 46.2 Å². The maximum Gasteiger partial charge on any atom is 0.254 e. The second-order valence-electron chi connectivity index (χ2n) is 22.8. The molecular formula is C59H73N11O7S. The maximum atomic E-state index is 14.3. The molecule has 2 bridgehead atoms. The van der Waals surface area contributed by atoms with Gasteiger partial charge in [0.25, 0.3) is 5.88 Å². The van der Waals surface area contributed by atoms with E-state index in [-0.39, 0.29) is 48.6 Å². The number of piperidine rings is 1. The van der Waals surface area contributed by atoms with Crippen molar-refractivity contribution in [1.29, 1.82) is 0 Å². The van der Waals surface area contributed by atoms with Crippen LogP contribution < -0.4 is 30.3 Å². The molecule has 0 radical (unpaired) electrons. The van der Waals surface area contributed by atoms with Crippen LogP contribution in [0.15, 0.2) is 89.0 Å². The maximum absolute atomic E-state index is 14.3. The molecule has 5 N–H and O–H groups in total. The fourth-order valence-electron chi connectivity index (χ4n) is 12.8. The summed E-state index contributed by atoms with van der Waals surface area (Å²) in [6, 6.07) is 23.0. The van der Waals surface area contributed by atoms with Crippen LogP contribution >= 0.6 is 11.3 Å². The van der Waals surface area contributed by atoms with E-state index < -0.39 is 18.1 Å². The highest BCUT2D eigenvalue weighted by atomic mass is 32.1. The molecular weight excluding hydrogens is 1010 g/mol. The number of carbonyl (C=O) groups is 2. The predicted molar refractivity (Wildman–Crippen MR) is 299 cm³/mol. The number of amides is 2. The smallest absolute Gasteiger partial charge is 0.254 e. The van der Waals surface area contributed by atoms with E-state index in [0.29, 0.717) is 71.2 Å². The fraction of sp³-hybridized carbons (Fsp3) is 0.508. The number of anilines is 3. The number of phenolic OH excluding ortho intramolecular Hbond substituents is 1. The number of likely N-dealkylation sites (tertiary alicyclic amines) is 2. The summed E-state index contributed by atoms with van der Waals surface area (Å²) >= 11 is 1.60. The van der Waals surface area contributed by atoms with E-state index >= 15 is 0 Å². The Labute approximate surface area is 460 Å². The molecule has 2 aromatic carbocycles. The molecule has 11 rings (SSSR count). The zero-order valence-corrected chi connectivity index (χ0v) is 46.1. The first kappa shape index (κ1) is 53.2. The third-order valence-corrected chi connectivity index (χ3v) is 18.1. The third-order valence-electron chi connectivity index (χ3n) is 17.1. The molecule has 19 heteroatoms. The molecule has 2 unspecified atom stereocenters. The number of aliphatic hydroxyl groups is 1. The number of benzene rings is 2. The lowest BCUT2D eigenvalue weighted by molar-refractivity contribution is -0.141. The van der Waals surface area contributed by atoms with Crippen molar-refractivity contribution < 1.29 is 33.8 Å². The summed E-state index contributed by atoms with van der Waals surface area (Å²) in [4.78, 5) is 47.2. The lowest BCUT2D eigenvalue weighted by Crippen LogP contribution is -2.54. The molecule has 8 atom stereocenters. The van der Waals surface area contributed by atoms with Crippen LogP contribution in [0.5, 0.6) is 17.5 Å². The van der Waals surface area contributed by atoms with E-state index in [1.54, 1.807) is 29.5 Å². The van der Waals surface area contributed by atoms with Crippen molar-refractivity contribution in [3.8, 4) is 39.2 Å². The summed E-state index contributed by atoms with van der Waals surface area (Å²) in [6.07, 6.45) is 8.65. The van der Waals surface area contributed by atoms with Gasteiger partial charge in [-0.15, -0.1) is 21.5 Å². The normalized spacial score (nSPS) is 25.0. The minimum Gasteiger partial charge on any atom is -0.507 e. The Balaban J connectivity index is 0.610. The Hall–Kier alpha value is -6.83. The monoisotopic (exact) mass is 1080 g/mol. The molecule has 5 fully saturated rings. The summed E-state index contributed by atoms with van der Waals surface area (Å²) in [5.74, 6) is 1.62. The molecule has 8 heterocycles. The molecule has 1 saturated carbocycles. The summed E-state index contributed by atoms with van der Waals surface area (Å²) < 4.78 is 18.4. The highest BCUT2D eigenvalue weighted by Crippen LogP contribution is 2.41. The highest BCUT2D eigenvalue weighted by Gasteiger charge is 2.45. The van der Waals surface area contributed by atoms with E-state index in [4.69, 9.17) is 19.7 Å². The van der Waals surface area contributed by atoms with Gasteiger partial charge in [-0.1, -0.05) is 50.2 Å². The summed E-state index contributed by atoms with van der Waals surface area (Å²) in [7, 11) is 0. The molecule has 0 spiro atoms. The number of hydrogen-bond donors (Lipinski definition) is 4. The number of hydrogen-bond acceptors (Lipinski definition) is 17. The Morgan fingerprint density at radius 1 is 0.910 bits per heavy atom. The number of carbonyl (C=O) groups excluding carboxylic acids is 2. The van der Waals surface area contributed by atoms with E-state index in [0.717, 1.165) is 104 Å². The zero-order chi connectivity index (χ0) is 54.2.